The Morgan fingerprint density at radius 1 is 1.10 bits per heavy atom. The maximum atomic E-state index is 11.9. The van der Waals surface area contributed by atoms with Crippen molar-refractivity contribution in [1.82, 2.24) is 4.98 Å². The molecule has 0 saturated heterocycles. The van der Waals surface area contributed by atoms with Crippen molar-refractivity contribution >= 4 is 12.0 Å². The lowest BCUT2D eigenvalue weighted by Gasteiger charge is -2.08. The van der Waals surface area contributed by atoms with Gasteiger partial charge in [-0.1, -0.05) is 24.3 Å². The van der Waals surface area contributed by atoms with Crippen LogP contribution >= 0.6 is 0 Å². The van der Waals surface area contributed by atoms with Crippen LogP contribution in [-0.2, 0) is 4.79 Å². The monoisotopic (exact) mass is 391 g/mol. The molecule has 148 valence electrons. The van der Waals surface area contributed by atoms with Gasteiger partial charge in [-0.15, -0.1) is 0 Å². The predicted octanol–water partition coefficient (Wildman–Crippen LogP) is 4.42. The lowest BCUT2D eigenvalue weighted by atomic mass is 10.0. The molecule has 0 saturated carbocycles. The van der Waals surface area contributed by atoms with Gasteiger partial charge in [0.15, 0.2) is 0 Å². The van der Waals surface area contributed by atoms with Crippen molar-refractivity contribution in [2.45, 2.75) is 6.42 Å². The number of nitrogens with zero attached hydrogens (tertiary/aromatic N) is 1. The summed E-state index contributed by atoms with van der Waals surface area (Å²) in [6.45, 7) is 0. The number of aromatic nitrogens is 1. The van der Waals surface area contributed by atoms with Crippen molar-refractivity contribution in [3.63, 3.8) is 0 Å². The van der Waals surface area contributed by atoms with Crippen LogP contribution in [-0.4, -0.2) is 30.3 Å². The van der Waals surface area contributed by atoms with E-state index >= 15 is 0 Å². The highest BCUT2D eigenvalue weighted by Crippen LogP contribution is 2.27. The molecule has 29 heavy (non-hydrogen) atoms. The van der Waals surface area contributed by atoms with E-state index in [-0.39, 0.29) is 5.57 Å². The number of aliphatic carboxylic acids is 1. The van der Waals surface area contributed by atoms with E-state index in [9.17, 15) is 9.90 Å². The molecule has 1 heterocycles. The topological polar surface area (TPSA) is 77.9 Å². The number of carbonyl (C=O) groups is 1. The molecule has 1 aromatic heterocycles. The van der Waals surface area contributed by atoms with E-state index in [1.807, 2.05) is 18.2 Å². The molecule has 3 rings (SSSR count). The Bertz CT molecular complexity index is 981. The molecule has 0 bridgehead atoms. The smallest absolute Gasteiger partial charge is 0.336 e. The molecule has 1 N–H and O–H groups in total. The molecule has 6 nitrogen and oxygen atoms in total. The van der Waals surface area contributed by atoms with Gasteiger partial charge >= 0.3 is 5.97 Å². The molecular formula is C23H21NO5. The van der Waals surface area contributed by atoms with Crippen molar-refractivity contribution in [3.05, 3.63) is 89.4 Å². The van der Waals surface area contributed by atoms with Crippen molar-refractivity contribution in [1.29, 1.82) is 0 Å². The first kappa shape index (κ1) is 19.9. The average molecular weight is 391 g/mol. The molecule has 6 heteroatoms. The Balaban J connectivity index is 1.93. The zero-order valence-corrected chi connectivity index (χ0v) is 16.2. The summed E-state index contributed by atoms with van der Waals surface area (Å²) >= 11 is 0. The second kappa shape index (κ2) is 9.41. The summed E-state index contributed by atoms with van der Waals surface area (Å²) in [5.74, 6) is 1.28. The van der Waals surface area contributed by atoms with E-state index in [0.29, 0.717) is 40.7 Å². The second-order valence-corrected chi connectivity index (χ2v) is 6.14. The number of hydrogen-bond donors (Lipinski definition) is 1. The molecule has 0 unspecified atom stereocenters. The maximum Gasteiger partial charge on any atom is 0.336 e. The predicted molar refractivity (Wildman–Crippen MR) is 110 cm³/mol. The number of allylic oxidation sites excluding steroid dienone is 4. The van der Waals surface area contributed by atoms with Gasteiger partial charge in [0.1, 0.15) is 17.3 Å². The summed E-state index contributed by atoms with van der Waals surface area (Å²) in [6.07, 6.45) is 10.9. The van der Waals surface area contributed by atoms with Gasteiger partial charge in [-0.3, -0.25) is 0 Å². The largest absolute Gasteiger partial charge is 0.497 e. The van der Waals surface area contributed by atoms with Gasteiger partial charge in [-0.25, -0.2) is 9.78 Å². The highest BCUT2D eigenvalue weighted by Gasteiger charge is 2.14. The molecule has 2 aromatic rings. The molecular weight excluding hydrogens is 370 g/mol. The van der Waals surface area contributed by atoms with E-state index < -0.39 is 5.97 Å². The Kier molecular flexibility index (Phi) is 6.47. The van der Waals surface area contributed by atoms with Crippen LogP contribution in [0.1, 0.15) is 12.0 Å². The highest BCUT2D eigenvalue weighted by atomic mass is 16.5. The Morgan fingerprint density at radius 3 is 2.48 bits per heavy atom. The number of methoxy groups -OCH3 is 2. The number of benzene rings is 1. The number of rotatable bonds is 7. The van der Waals surface area contributed by atoms with Gasteiger partial charge in [0.05, 0.1) is 19.8 Å². The third kappa shape index (κ3) is 5.35. The van der Waals surface area contributed by atoms with E-state index in [1.54, 1.807) is 69.0 Å². The third-order valence-corrected chi connectivity index (χ3v) is 4.16. The molecule has 0 amide bonds. The first-order valence-electron chi connectivity index (χ1n) is 8.94. The average Bonchev–Trinajstić information content (AvgIpc) is 2.97. The van der Waals surface area contributed by atoms with Crippen LogP contribution in [0.2, 0.25) is 0 Å². The van der Waals surface area contributed by atoms with Crippen molar-refractivity contribution in [2.75, 3.05) is 14.2 Å². The second-order valence-electron chi connectivity index (χ2n) is 6.14. The van der Waals surface area contributed by atoms with Crippen molar-refractivity contribution in [3.8, 4) is 17.4 Å². The lowest BCUT2D eigenvalue weighted by Crippen LogP contribution is -2.02. The minimum absolute atomic E-state index is 0.145. The molecule has 0 fully saturated rings. The fourth-order valence-corrected chi connectivity index (χ4v) is 2.75. The molecule has 1 aliphatic rings. The van der Waals surface area contributed by atoms with Crippen LogP contribution in [0.5, 0.6) is 17.4 Å². The van der Waals surface area contributed by atoms with Gasteiger partial charge in [0.25, 0.3) is 0 Å². The lowest BCUT2D eigenvalue weighted by molar-refractivity contribution is -0.132. The van der Waals surface area contributed by atoms with Crippen molar-refractivity contribution < 1.29 is 24.1 Å². The van der Waals surface area contributed by atoms with Crippen LogP contribution in [0.15, 0.2) is 83.8 Å². The SMILES string of the molecule is COc1cc(/C=C(/C(=O)O)C2=CC=C(Oc3ccccn3)CC=C2)cc(OC)c1. The minimum atomic E-state index is -1.04. The number of pyridine rings is 1. The summed E-state index contributed by atoms with van der Waals surface area (Å²) in [5, 5.41) is 9.77. The molecule has 1 aliphatic carbocycles. The Labute approximate surface area is 169 Å². The standard InChI is InChI=1S/C23H21NO5/c1-27-19-12-16(13-20(15-19)28-2)14-21(23(25)26)17-6-5-7-18(10-9-17)29-22-8-3-4-11-24-22/h3-6,8-15H,7H2,1-2H3,(H,25,26)/b21-14+. The Hall–Kier alpha value is -3.80. The first-order valence-corrected chi connectivity index (χ1v) is 8.94. The highest BCUT2D eigenvalue weighted by molar-refractivity contribution is 5.98. The van der Waals surface area contributed by atoms with Gasteiger partial charge in [-0.05, 0) is 41.5 Å². The number of carboxylic acids is 1. The van der Waals surface area contributed by atoms with Crippen LogP contribution in [0.4, 0.5) is 0 Å². The van der Waals surface area contributed by atoms with E-state index in [1.165, 1.54) is 0 Å². The van der Waals surface area contributed by atoms with E-state index in [0.717, 1.165) is 0 Å². The molecule has 0 aliphatic heterocycles. The summed E-state index contributed by atoms with van der Waals surface area (Å²) in [7, 11) is 3.09. The number of carboxylic acid groups (broad SMARTS) is 1. The van der Waals surface area contributed by atoms with Gasteiger partial charge in [-0.2, -0.15) is 0 Å². The third-order valence-electron chi connectivity index (χ3n) is 4.16. The zero-order valence-electron chi connectivity index (χ0n) is 16.2. The van der Waals surface area contributed by atoms with Crippen molar-refractivity contribution in [2.24, 2.45) is 0 Å². The van der Waals surface area contributed by atoms with E-state index in [2.05, 4.69) is 4.98 Å². The molecule has 0 spiro atoms. The maximum absolute atomic E-state index is 11.9. The quantitative estimate of drug-likeness (QED) is 0.704. The normalized spacial score (nSPS) is 13.8. The minimum Gasteiger partial charge on any atom is -0.497 e. The van der Waals surface area contributed by atoms with Crippen LogP contribution in [0.25, 0.3) is 6.08 Å². The zero-order chi connectivity index (χ0) is 20.6. The number of ether oxygens (including phenoxy) is 3. The summed E-state index contributed by atoms with van der Waals surface area (Å²) in [5.41, 5.74) is 1.36. The van der Waals surface area contributed by atoms with E-state index in [4.69, 9.17) is 14.2 Å². The van der Waals surface area contributed by atoms with Gasteiger partial charge in [0, 0.05) is 24.8 Å². The summed E-state index contributed by atoms with van der Waals surface area (Å²) < 4.78 is 16.3. The molecule has 0 atom stereocenters. The summed E-state index contributed by atoms with van der Waals surface area (Å²) in [4.78, 5) is 16.1. The van der Waals surface area contributed by atoms with Crippen LogP contribution < -0.4 is 14.2 Å². The fraction of sp³-hybridized carbons (Fsp3) is 0.130. The van der Waals surface area contributed by atoms with Crippen LogP contribution in [0.3, 0.4) is 0 Å². The van der Waals surface area contributed by atoms with Crippen LogP contribution in [0, 0.1) is 0 Å². The van der Waals surface area contributed by atoms with Gasteiger partial charge < -0.3 is 19.3 Å². The molecule has 0 radical (unpaired) electrons. The number of hydrogen-bond acceptors (Lipinski definition) is 5. The molecule has 1 aromatic carbocycles. The first-order chi connectivity index (χ1) is 14.1. The summed E-state index contributed by atoms with van der Waals surface area (Å²) in [6, 6.07) is 10.6. The Morgan fingerprint density at radius 2 is 1.86 bits per heavy atom. The fourth-order valence-electron chi connectivity index (χ4n) is 2.75. The van der Waals surface area contributed by atoms with Gasteiger partial charge in [0.2, 0.25) is 5.88 Å².